The summed E-state index contributed by atoms with van der Waals surface area (Å²) in [6.07, 6.45) is 0. The van der Waals surface area contributed by atoms with Gasteiger partial charge in [-0.3, -0.25) is 0 Å². The van der Waals surface area contributed by atoms with Crippen molar-refractivity contribution < 1.29 is 4.42 Å². The van der Waals surface area contributed by atoms with Gasteiger partial charge in [0.2, 0.25) is 0 Å². The Morgan fingerprint density at radius 1 is 0.333 bits per heavy atom. The van der Waals surface area contributed by atoms with Gasteiger partial charge in [-0.15, -0.1) is 0 Å². The first kappa shape index (κ1) is 27.9. The molecule has 0 aliphatic rings. The highest BCUT2D eigenvalue weighted by Crippen LogP contribution is 2.40. The van der Waals surface area contributed by atoms with Gasteiger partial charge in [-0.2, -0.15) is 0 Å². The molecule has 2 nitrogen and oxygen atoms in total. The topological polar surface area (TPSA) is 16.4 Å². The molecule has 0 aliphatic heterocycles. The fraction of sp³-hybridized carbons (Fsp3) is 0. The molecule has 0 amide bonds. The molecule has 0 saturated heterocycles. The first-order valence-corrected chi connectivity index (χ1v) is 16.3. The van der Waals surface area contributed by atoms with Crippen LogP contribution in [0.25, 0.3) is 66.1 Å². The smallest absolute Gasteiger partial charge is 0.143 e. The molecule has 9 aromatic rings. The van der Waals surface area contributed by atoms with Crippen LogP contribution in [0, 0.1) is 0 Å². The van der Waals surface area contributed by atoms with E-state index in [1.807, 2.05) is 12.1 Å². The molecule has 0 atom stereocenters. The van der Waals surface area contributed by atoms with E-state index < -0.39 is 0 Å². The minimum Gasteiger partial charge on any atom is -0.455 e. The summed E-state index contributed by atoms with van der Waals surface area (Å²) >= 11 is 0. The van der Waals surface area contributed by atoms with E-state index in [4.69, 9.17) is 4.42 Å². The van der Waals surface area contributed by atoms with E-state index in [2.05, 4.69) is 181 Å². The fourth-order valence-corrected chi connectivity index (χ4v) is 6.84. The molecule has 48 heavy (non-hydrogen) atoms. The van der Waals surface area contributed by atoms with Crippen molar-refractivity contribution in [2.75, 3.05) is 4.90 Å². The van der Waals surface area contributed by atoms with Crippen LogP contribution in [0.2, 0.25) is 0 Å². The van der Waals surface area contributed by atoms with Crippen molar-refractivity contribution in [3.8, 4) is 33.4 Å². The standard InChI is InChI=1S/C46H31NO/c1-2-10-32(11-3-1)34-20-25-39(26-21-34)47(41-29-24-33-12-4-5-13-37(33)31-41)40-27-22-35(23-28-40)36-14-8-15-38(30-36)42-17-9-18-44-43-16-6-7-19-45(43)48-46(42)44/h1-31H. The van der Waals surface area contributed by atoms with Gasteiger partial charge in [0.05, 0.1) is 0 Å². The predicted molar refractivity (Wildman–Crippen MR) is 202 cm³/mol. The van der Waals surface area contributed by atoms with Crippen molar-refractivity contribution >= 4 is 49.8 Å². The zero-order valence-electron chi connectivity index (χ0n) is 26.3. The lowest BCUT2D eigenvalue weighted by Gasteiger charge is -2.26. The average molecular weight is 614 g/mol. The van der Waals surface area contributed by atoms with Crippen LogP contribution in [0.3, 0.4) is 0 Å². The van der Waals surface area contributed by atoms with E-state index in [0.717, 1.165) is 61.3 Å². The van der Waals surface area contributed by atoms with Crippen LogP contribution in [-0.2, 0) is 0 Å². The Morgan fingerprint density at radius 2 is 0.896 bits per heavy atom. The van der Waals surface area contributed by atoms with Crippen LogP contribution in [0.15, 0.2) is 192 Å². The number of anilines is 3. The Morgan fingerprint density at radius 3 is 1.69 bits per heavy atom. The Hall–Kier alpha value is -6.38. The predicted octanol–water partition coefficient (Wildman–Crippen LogP) is 13.2. The quantitative estimate of drug-likeness (QED) is 0.185. The number of nitrogens with zero attached hydrogens (tertiary/aromatic N) is 1. The van der Waals surface area contributed by atoms with Crippen LogP contribution < -0.4 is 4.90 Å². The second-order valence-electron chi connectivity index (χ2n) is 12.2. The summed E-state index contributed by atoms with van der Waals surface area (Å²) in [5.74, 6) is 0. The maximum atomic E-state index is 6.36. The third-order valence-electron chi connectivity index (χ3n) is 9.26. The normalized spacial score (nSPS) is 11.3. The summed E-state index contributed by atoms with van der Waals surface area (Å²) in [5.41, 5.74) is 12.1. The van der Waals surface area contributed by atoms with E-state index in [-0.39, 0.29) is 0 Å². The molecule has 0 aliphatic carbocycles. The molecule has 1 aromatic heterocycles. The first-order chi connectivity index (χ1) is 23.8. The van der Waals surface area contributed by atoms with Gasteiger partial charge in [-0.1, -0.05) is 140 Å². The molecular formula is C46H31NO. The molecule has 2 heteroatoms. The fourth-order valence-electron chi connectivity index (χ4n) is 6.84. The Kier molecular flexibility index (Phi) is 6.84. The number of hydrogen-bond acceptors (Lipinski definition) is 2. The molecule has 0 fully saturated rings. The molecule has 0 radical (unpaired) electrons. The second-order valence-corrected chi connectivity index (χ2v) is 12.2. The van der Waals surface area contributed by atoms with Gasteiger partial charge in [0.25, 0.3) is 0 Å². The van der Waals surface area contributed by atoms with Gasteiger partial charge in [0, 0.05) is 33.4 Å². The molecule has 1 heterocycles. The molecule has 0 unspecified atom stereocenters. The van der Waals surface area contributed by atoms with Crippen molar-refractivity contribution in [1.29, 1.82) is 0 Å². The summed E-state index contributed by atoms with van der Waals surface area (Å²) < 4.78 is 6.36. The van der Waals surface area contributed by atoms with E-state index in [1.165, 1.54) is 21.9 Å². The van der Waals surface area contributed by atoms with Crippen LogP contribution in [0.1, 0.15) is 0 Å². The monoisotopic (exact) mass is 613 g/mol. The lowest BCUT2D eigenvalue weighted by Crippen LogP contribution is -2.09. The molecule has 0 N–H and O–H groups in total. The highest BCUT2D eigenvalue weighted by molar-refractivity contribution is 6.09. The van der Waals surface area contributed by atoms with Gasteiger partial charge >= 0.3 is 0 Å². The third kappa shape index (κ3) is 5.01. The maximum Gasteiger partial charge on any atom is 0.143 e. The molecule has 226 valence electrons. The summed E-state index contributed by atoms with van der Waals surface area (Å²) in [7, 11) is 0. The van der Waals surface area contributed by atoms with E-state index >= 15 is 0 Å². The molecule has 0 saturated carbocycles. The summed E-state index contributed by atoms with van der Waals surface area (Å²) in [4.78, 5) is 2.34. The maximum absolute atomic E-state index is 6.36. The van der Waals surface area contributed by atoms with Crippen molar-refractivity contribution in [3.05, 3.63) is 188 Å². The molecule has 0 spiro atoms. The molecule has 0 bridgehead atoms. The summed E-state index contributed by atoms with van der Waals surface area (Å²) in [6, 6.07) is 66.9. The number of rotatable bonds is 6. The Balaban J connectivity index is 1.09. The largest absolute Gasteiger partial charge is 0.455 e. The zero-order chi connectivity index (χ0) is 31.9. The molecule has 9 rings (SSSR count). The van der Waals surface area contributed by atoms with Gasteiger partial charge in [0.15, 0.2) is 0 Å². The Bertz CT molecular complexity index is 2540. The van der Waals surface area contributed by atoms with Crippen LogP contribution >= 0.6 is 0 Å². The van der Waals surface area contributed by atoms with Gasteiger partial charge in [-0.25, -0.2) is 0 Å². The average Bonchev–Trinajstić information content (AvgIpc) is 3.55. The number of fused-ring (bicyclic) bond motifs is 4. The van der Waals surface area contributed by atoms with E-state index in [0.29, 0.717) is 0 Å². The third-order valence-corrected chi connectivity index (χ3v) is 9.26. The lowest BCUT2D eigenvalue weighted by atomic mass is 9.97. The highest BCUT2D eigenvalue weighted by atomic mass is 16.3. The molecule has 8 aromatic carbocycles. The zero-order valence-corrected chi connectivity index (χ0v) is 26.3. The lowest BCUT2D eigenvalue weighted by molar-refractivity contribution is 0.670. The van der Waals surface area contributed by atoms with Gasteiger partial charge in [-0.05, 0) is 87.1 Å². The van der Waals surface area contributed by atoms with Crippen LogP contribution in [-0.4, -0.2) is 0 Å². The molecular weight excluding hydrogens is 583 g/mol. The number of hydrogen-bond donors (Lipinski definition) is 0. The SMILES string of the molecule is c1ccc(-c2ccc(N(c3ccc(-c4cccc(-c5cccc6c5oc5ccccc56)c4)cc3)c3ccc4ccccc4c3)cc2)cc1. The summed E-state index contributed by atoms with van der Waals surface area (Å²) in [5, 5.41) is 4.73. The Labute approximate surface area is 279 Å². The number of benzene rings is 8. The highest BCUT2D eigenvalue weighted by Gasteiger charge is 2.15. The van der Waals surface area contributed by atoms with Crippen molar-refractivity contribution in [3.63, 3.8) is 0 Å². The van der Waals surface area contributed by atoms with Crippen molar-refractivity contribution in [1.82, 2.24) is 0 Å². The number of furan rings is 1. The minimum atomic E-state index is 0.914. The van der Waals surface area contributed by atoms with Gasteiger partial charge in [0.1, 0.15) is 11.2 Å². The number of para-hydroxylation sites is 2. The van der Waals surface area contributed by atoms with Gasteiger partial charge < -0.3 is 9.32 Å². The van der Waals surface area contributed by atoms with Crippen LogP contribution in [0.4, 0.5) is 17.1 Å². The van der Waals surface area contributed by atoms with E-state index in [9.17, 15) is 0 Å². The van der Waals surface area contributed by atoms with Crippen LogP contribution in [0.5, 0.6) is 0 Å². The first-order valence-electron chi connectivity index (χ1n) is 16.3. The van der Waals surface area contributed by atoms with E-state index in [1.54, 1.807) is 0 Å². The van der Waals surface area contributed by atoms with Crippen molar-refractivity contribution in [2.24, 2.45) is 0 Å². The summed E-state index contributed by atoms with van der Waals surface area (Å²) in [6.45, 7) is 0. The van der Waals surface area contributed by atoms with Crippen molar-refractivity contribution in [2.45, 2.75) is 0 Å². The minimum absolute atomic E-state index is 0.914. The second kappa shape index (κ2) is 11.8.